The van der Waals surface area contributed by atoms with E-state index in [2.05, 4.69) is 15.3 Å². The Kier molecular flexibility index (Phi) is 5.87. The summed E-state index contributed by atoms with van der Waals surface area (Å²) in [4.78, 5) is 30.9. The van der Waals surface area contributed by atoms with Gasteiger partial charge in [-0.25, -0.2) is 9.78 Å². The van der Waals surface area contributed by atoms with E-state index in [1.165, 1.54) is 13.4 Å². The normalized spacial score (nSPS) is 13.1. The van der Waals surface area contributed by atoms with Gasteiger partial charge in [0.05, 0.1) is 25.2 Å². The number of nitrogens with one attached hydrogen (secondary N) is 2. The van der Waals surface area contributed by atoms with Crippen LogP contribution < -0.4 is 11.1 Å². The first-order valence-corrected chi connectivity index (χ1v) is 7.25. The number of H-pyrrole nitrogens is 1. The number of ether oxygens (including phenoxy) is 1. The Labute approximate surface area is 134 Å². The van der Waals surface area contributed by atoms with Crippen LogP contribution in [0.4, 0.5) is 0 Å². The molecule has 122 valence electrons. The number of nitrogens with zero attached hydrogens (tertiary/aromatic N) is 1. The van der Waals surface area contributed by atoms with E-state index < -0.39 is 24.0 Å². The Morgan fingerprint density at radius 2 is 2.04 bits per heavy atom. The number of aromatic nitrogens is 2. The van der Waals surface area contributed by atoms with Gasteiger partial charge in [0.1, 0.15) is 6.04 Å². The van der Waals surface area contributed by atoms with Crippen molar-refractivity contribution in [1.82, 2.24) is 15.3 Å². The van der Waals surface area contributed by atoms with Gasteiger partial charge in [0.2, 0.25) is 5.91 Å². The van der Waals surface area contributed by atoms with Crippen LogP contribution in [0, 0.1) is 0 Å². The predicted octanol–water partition coefficient (Wildman–Crippen LogP) is 0.180. The summed E-state index contributed by atoms with van der Waals surface area (Å²) in [6.45, 7) is 0. The quantitative estimate of drug-likeness (QED) is 0.631. The summed E-state index contributed by atoms with van der Waals surface area (Å²) in [7, 11) is 1.27. The van der Waals surface area contributed by atoms with Crippen molar-refractivity contribution in [1.29, 1.82) is 0 Å². The van der Waals surface area contributed by atoms with Crippen molar-refractivity contribution in [3.8, 4) is 0 Å². The van der Waals surface area contributed by atoms with E-state index in [1.54, 1.807) is 6.20 Å². The molecule has 0 saturated carbocycles. The Bertz CT molecular complexity index is 628. The average Bonchev–Trinajstić information content (AvgIpc) is 3.07. The molecule has 0 fully saturated rings. The molecule has 7 heteroatoms. The summed E-state index contributed by atoms with van der Waals surface area (Å²) in [5.74, 6) is -0.937. The number of carbonyl (C=O) groups is 2. The minimum atomic E-state index is -0.822. The van der Waals surface area contributed by atoms with Crippen molar-refractivity contribution in [2.75, 3.05) is 7.11 Å². The Morgan fingerprint density at radius 1 is 1.30 bits per heavy atom. The molecule has 0 saturated heterocycles. The molecule has 1 unspecified atom stereocenters. The van der Waals surface area contributed by atoms with Crippen LogP contribution in [0.25, 0.3) is 0 Å². The van der Waals surface area contributed by atoms with Gasteiger partial charge >= 0.3 is 5.97 Å². The minimum absolute atomic E-state index is 0.236. The van der Waals surface area contributed by atoms with Crippen LogP contribution in [0.3, 0.4) is 0 Å². The third-order valence-electron chi connectivity index (χ3n) is 3.41. The summed E-state index contributed by atoms with van der Waals surface area (Å²) < 4.78 is 4.73. The summed E-state index contributed by atoms with van der Waals surface area (Å²) in [5.41, 5.74) is 7.53. The fraction of sp³-hybridized carbons (Fsp3) is 0.312. The molecular formula is C16H20N4O3. The van der Waals surface area contributed by atoms with Gasteiger partial charge < -0.3 is 20.8 Å². The SMILES string of the molecule is COC(=O)[C@H](Cc1c[nH]cn1)NC(=O)C(N)Cc1ccccc1. The number of hydrogen-bond donors (Lipinski definition) is 3. The highest BCUT2D eigenvalue weighted by Crippen LogP contribution is 2.04. The Balaban J connectivity index is 1.97. The number of rotatable bonds is 7. The number of aromatic amines is 1. The highest BCUT2D eigenvalue weighted by molar-refractivity contribution is 5.87. The molecule has 1 heterocycles. The van der Waals surface area contributed by atoms with Gasteiger partial charge in [0, 0.05) is 12.6 Å². The number of methoxy groups -OCH3 is 1. The fourth-order valence-corrected chi connectivity index (χ4v) is 2.19. The number of carbonyl (C=O) groups excluding carboxylic acids is 2. The summed E-state index contributed by atoms with van der Waals surface area (Å²) >= 11 is 0. The van der Waals surface area contributed by atoms with Gasteiger partial charge in [-0.3, -0.25) is 4.79 Å². The lowest BCUT2D eigenvalue weighted by Crippen LogP contribution is -2.50. The smallest absolute Gasteiger partial charge is 0.328 e. The monoisotopic (exact) mass is 316 g/mol. The second kappa shape index (κ2) is 8.09. The largest absolute Gasteiger partial charge is 0.467 e. The molecule has 23 heavy (non-hydrogen) atoms. The zero-order valence-corrected chi connectivity index (χ0v) is 12.9. The van der Waals surface area contributed by atoms with Crippen LogP contribution in [0.5, 0.6) is 0 Å². The summed E-state index contributed by atoms with van der Waals surface area (Å²) in [6.07, 6.45) is 3.79. The van der Waals surface area contributed by atoms with Crippen molar-refractivity contribution < 1.29 is 14.3 Å². The second-order valence-corrected chi connectivity index (χ2v) is 5.15. The van der Waals surface area contributed by atoms with Gasteiger partial charge in [-0.2, -0.15) is 0 Å². The third kappa shape index (κ3) is 4.93. The first-order chi connectivity index (χ1) is 11.1. The zero-order chi connectivity index (χ0) is 16.7. The van der Waals surface area contributed by atoms with Crippen molar-refractivity contribution in [3.05, 3.63) is 54.1 Å². The summed E-state index contributed by atoms with van der Waals surface area (Å²) in [6, 6.07) is 7.89. The van der Waals surface area contributed by atoms with Crippen molar-refractivity contribution in [2.45, 2.75) is 24.9 Å². The highest BCUT2D eigenvalue weighted by Gasteiger charge is 2.25. The first kappa shape index (κ1) is 16.7. The lowest BCUT2D eigenvalue weighted by molar-refractivity contribution is -0.145. The number of hydrogen-bond acceptors (Lipinski definition) is 5. The van der Waals surface area contributed by atoms with Crippen LogP contribution in [0.15, 0.2) is 42.9 Å². The van der Waals surface area contributed by atoms with Crippen LogP contribution in [-0.2, 0) is 27.2 Å². The van der Waals surface area contributed by atoms with Crippen LogP contribution >= 0.6 is 0 Å². The molecule has 0 aliphatic rings. The molecule has 7 nitrogen and oxygen atoms in total. The van der Waals surface area contributed by atoms with Gasteiger partial charge in [0.15, 0.2) is 0 Å². The second-order valence-electron chi connectivity index (χ2n) is 5.15. The van der Waals surface area contributed by atoms with Gasteiger partial charge in [-0.05, 0) is 12.0 Å². The predicted molar refractivity (Wildman–Crippen MR) is 84.4 cm³/mol. The number of amides is 1. The fourth-order valence-electron chi connectivity index (χ4n) is 2.19. The number of imidazole rings is 1. The average molecular weight is 316 g/mol. The number of nitrogens with two attached hydrogens (primary N) is 1. The maximum Gasteiger partial charge on any atom is 0.328 e. The van der Waals surface area contributed by atoms with Crippen LogP contribution in [-0.4, -0.2) is 41.0 Å². The molecule has 4 N–H and O–H groups in total. The lowest BCUT2D eigenvalue weighted by atomic mass is 10.1. The standard InChI is InChI=1S/C16H20N4O3/c1-23-16(22)14(8-12-9-18-10-19-12)20-15(21)13(17)7-11-5-3-2-4-6-11/h2-6,9-10,13-14H,7-8,17H2,1H3,(H,18,19)(H,20,21)/t13?,14-/m0/s1. The molecule has 2 atom stereocenters. The van der Waals surface area contributed by atoms with E-state index in [-0.39, 0.29) is 6.42 Å². The number of benzene rings is 1. The van der Waals surface area contributed by atoms with E-state index in [0.29, 0.717) is 12.1 Å². The summed E-state index contributed by atoms with van der Waals surface area (Å²) in [5, 5.41) is 2.63. The minimum Gasteiger partial charge on any atom is -0.467 e. The van der Waals surface area contributed by atoms with E-state index in [4.69, 9.17) is 10.5 Å². The molecule has 2 aromatic rings. The number of esters is 1. The Morgan fingerprint density at radius 3 is 2.65 bits per heavy atom. The highest BCUT2D eigenvalue weighted by atomic mass is 16.5. The van der Waals surface area contributed by atoms with Crippen LogP contribution in [0.2, 0.25) is 0 Å². The molecule has 1 aromatic heterocycles. The van der Waals surface area contributed by atoms with Crippen LogP contribution in [0.1, 0.15) is 11.3 Å². The molecule has 0 spiro atoms. The molecule has 2 rings (SSSR count). The van der Waals surface area contributed by atoms with Crippen molar-refractivity contribution in [2.24, 2.45) is 5.73 Å². The zero-order valence-electron chi connectivity index (χ0n) is 12.9. The maximum absolute atomic E-state index is 12.2. The van der Waals surface area contributed by atoms with E-state index >= 15 is 0 Å². The molecule has 0 radical (unpaired) electrons. The molecule has 0 aliphatic heterocycles. The molecule has 1 aromatic carbocycles. The van der Waals surface area contributed by atoms with E-state index in [1.807, 2.05) is 30.3 Å². The van der Waals surface area contributed by atoms with Crippen molar-refractivity contribution in [3.63, 3.8) is 0 Å². The molecule has 1 amide bonds. The van der Waals surface area contributed by atoms with E-state index in [9.17, 15) is 9.59 Å². The third-order valence-corrected chi connectivity index (χ3v) is 3.41. The van der Waals surface area contributed by atoms with Gasteiger partial charge in [-0.15, -0.1) is 0 Å². The van der Waals surface area contributed by atoms with E-state index in [0.717, 1.165) is 5.56 Å². The Hall–Kier alpha value is -2.67. The first-order valence-electron chi connectivity index (χ1n) is 7.25. The molecule has 0 bridgehead atoms. The molecular weight excluding hydrogens is 296 g/mol. The van der Waals surface area contributed by atoms with Gasteiger partial charge in [-0.1, -0.05) is 30.3 Å². The maximum atomic E-state index is 12.2. The van der Waals surface area contributed by atoms with Gasteiger partial charge in [0.25, 0.3) is 0 Å². The lowest BCUT2D eigenvalue weighted by Gasteiger charge is -2.18. The van der Waals surface area contributed by atoms with Crippen molar-refractivity contribution >= 4 is 11.9 Å². The topological polar surface area (TPSA) is 110 Å². The molecule has 0 aliphatic carbocycles.